The third-order valence-electron chi connectivity index (χ3n) is 14.8. The standard InChI is InChI=1S/C75H128O6/c1-4-7-10-13-16-19-22-24-26-28-30-32-34-36-37-39-40-42-44-46-48-50-53-56-59-62-65-68-74(77)80-71-72(70-79-73(76)67-64-61-58-55-52-21-18-15-12-9-6-3)81-75(78)69-66-63-60-57-54-51-49-47-45-43-41-38-35-33-31-29-27-25-23-20-17-14-11-8-5-2/h7,10,16,19,24,26,29-32,36-37,40,42,46,48,53,56,72H,4-6,8-9,11-15,17-18,20-23,25,27-28,33-35,38-39,41,43-45,47,49-52,54-55,57-71H2,1-3H3/b10-7-,19-16-,26-24-,31-29-,32-30-,37-36-,42-40-,48-46-,56-53-. The fraction of sp³-hybridized carbons (Fsp3) is 0.720. The third-order valence-corrected chi connectivity index (χ3v) is 14.8. The molecule has 1 unspecified atom stereocenters. The minimum Gasteiger partial charge on any atom is -0.462 e. The molecule has 6 heteroatoms. The third kappa shape index (κ3) is 66.8. The minimum absolute atomic E-state index is 0.0897. The Morgan fingerprint density at radius 1 is 0.259 bits per heavy atom. The van der Waals surface area contributed by atoms with Gasteiger partial charge in [-0.2, -0.15) is 0 Å². The average Bonchev–Trinajstić information content (AvgIpc) is 3.47. The molecule has 0 fully saturated rings. The first-order chi connectivity index (χ1) is 40.0. The second kappa shape index (κ2) is 68.6. The first-order valence-electron chi connectivity index (χ1n) is 34.4. The Labute approximate surface area is 501 Å². The van der Waals surface area contributed by atoms with E-state index in [2.05, 4.69) is 130 Å². The molecule has 0 aliphatic heterocycles. The monoisotopic (exact) mass is 1120 g/mol. The van der Waals surface area contributed by atoms with E-state index >= 15 is 0 Å². The highest BCUT2D eigenvalue weighted by molar-refractivity contribution is 5.71. The van der Waals surface area contributed by atoms with E-state index in [0.717, 1.165) is 109 Å². The second-order valence-electron chi connectivity index (χ2n) is 22.7. The number of allylic oxidation sites excluding steroid dienone is 18. The summed E-state index contributed by atoms with van der Waals surface area (Å²) in [6.45, 7) is 6.51. The van der Waals surface area contributed by atoms with Gasteiger partial charge in [-0.25, -0.2) is 0 Å². The van der Waals surface area contributed by atoms with E-state index in [0.29, 0.717) is 19.3 Å². The summed E-state index contributed by atoms with van der Waals surface area (Å²) in [4.78, 5) is 38.3. The SMILES string of the molecule is CC/C=C\C/C=C\C/C=C\C/C=C\C/C=C\C/C=C\C/C=C\C/C=C\CCCCC(=O)OCC(COC(=O)CCCCCCCCCCCCC)OC(=O)CCCCCCCCCCCCCCC/C=C\CCCCCCCCCC. The lowest BCUT2D eigenvalue weighted by molar-refractivity contribution is -0.167. The van der Waals surface area contributed by atoms with Crippen molar-refractivity contribution in [1.82, 2.24) is 0 Å². The van der Waals surface area contributed by atoms with E-state index in [9.17, 15) is 14.4 Å². The molecule has 464 valence electrons. The fourth-order valence-electron chi connectivity index (χ4n) is 9.63. The highest BCUT2D eigenvalue weighted by Crippen LogP contribution is 2.17. The Kier molecular flexibility index (Phi) is 65.2. The first-order valence-corrected chi connectivity index (χ1v) is 34.4. The van der Waals surface area contributed by atoms with Crippen molar-refractivity contribution in [2.75, 3.05) is 13.2 Å². The Morgan fingerprint density at radius 3 is 0.790 bits per heavy atom. The van der Waals surface area contributed by atoms with Gasteiger partial charge in [0, 0.05) is 19.3 Å². The molecular weight excluding hydrogens is 997 g/mol. The van der Waals surface area contributed by atoms with Crippen molar-refractivity contribution in [3.05, 3.63) is 109 Å². The lowest BCUT2D eigenvalue weighted by Gasteiger charge is -2.18. The zero-order valence-corrected chi connectivity index (χ0v) is 53.3. The number of carbonyl (C=O) groups is 3. The van der Waals surface area contributed by atoms with Gasteiger partial charge < -0.3 is 14.2 Å². The molecule has 0 bridgehead atoms. The van der Waals surface area contributed by atoms with E-state index in [-0.39, 0.29) is 31.1 Å². The van der Waals surface area contributed by atoms with Crippen LogP contribution in [0.4, 0.5) is 0 Å². The van der Waals surface area contributed by atoms with Crippen LogP contribution in [0.15, 0.2) is 109 Å². The summed E-state index contributed by atoms with van der Waals surface area (Å²) in [5.41, 5.74) is 0. The largest absolute Gasteiger partial charge is 0.462 e. The van der Waals surface area contributed by atoms with E-state index in [1.807, 2.05) is 0 Å². The Hall–Kier alpha value is -3.93. The molecule has 0 aliphatic rings. The van der Waals surface area contributed by atoms with Crippen LogP contribution in [0.1, 0.15) is 329 Å². The van der Waals surface area contributed by atoms with Gasteiger partial charge in [0.25, 0.3) is 0 Å². The Bertz CT molecular complexity index is 1620. The molecule has 0 aromatic rings. The van der Waals surface area contributed by atoms with Crippen LogP contribution >= 0.6 is 0 Å². The van der Waals surface area contributed by atoms with Crippen LogP contribution < -0.4 is 0 Å². The quantitative estimate of drug-likeness (QED) is 0.0261. The van der Waals surface area contributed by atoms with Gasteiger partial charge in [0.1, 0.15) is 13.2 Å². The predicted octanol–water partition coefficient (Wildman–Crippen LogP) is 23.8. The van der Waals surface area contributed by atoms with Crippen LogP contribution in [-0.4, -0.2) is 37.2 Å². The van der Waals surface area contributed by atoms with E-state index in [1.54, 1.807) is 0 Å². The molecule has 0 radical (unpaired) electrons. The summed E-state index contributed by atoms with van der Waals surface area (Å²) < 4.78 is 16.9. The maximum Gasteiger partial charge on any atom is 0.306 e. The lowest BCUT2D eigenvalue weighted by Crippen LogP contribution is -2.30. The van der Waals surface area contributed by atoms with Crippen molar-refractivity contribution in [3.63, 3.8) is 0 Å². The molecule has 0 aromatic heterocycles. The minimum atomic E-state index is -0.797. The fourth-order valence-corrected chi connectivity index (χ4v) is 9.63. The molecule has 0 aliphatic carbocycles. The van der Waals surface area contributed by atoms with Gasteiger partial charge in [-0.15, -0.1) is 0 Å². The zero-order valence-electron chi connectivity index (χ0n) is 53.3. The lowest BCUT2D eigenvalue weighted by atomic mass is 10.0. The molecule has 1 atom stereocenters. The molecule has 0 saturated carbocycles. The number of rotatable bonds is 62. The second-order valence-corrected chi connectivity index (χ2v) is 22.7. The topological polar surface area (TPSA) is 78.9 Å². The molecule has 0 aromatic carbocycles. The number of hydrogen-bond donors (Lipinski definition) is 0. The zero-order chi connectivity index (χ0) is 58.5. The normalized spacial score (nSPS) is 12.8. The highest BCUT2D eigenvalue weighted by Gasteiger charge is 2.19. The molecule has 0 rings (SSSR count). The number of hydrogen-bond acceptors (Lipinski definition) is 6. The molecule has 0 amide bonds. The van der Waals surface area contributed by atoms with Crippen LogP contribution in [0.2, 0.25) is 0 Å². The summed E-state index contributed by atoms with van der Waals surface area (Å²) in [6, 6.07) is 0. The van der Waals surface area contributed by atoms with E-state index < -0.39 is 6.10 Å². The molecular formula is C75H128O6. The summed E-state index contributed by atoms with van der Waals surface area (Å²) in [7, 11) is 0. The van der Waals surface area contributed by atoms with Crippen molar-refractivity contribution in [3.8, 4) is 0 Å². The molecule has 0 heterocycles. The number of unbranched alkanes of at least 4 members (excludes halogenated alkanes) is 33. The van der Waals surface area contributed by atoms with Gasteiger partial charge in [0.2, 0.25) is 0 Å². The van der Waals surface area contributed by atoms with Crippen molar-refractivity contribution in [2.24, 2.45) is 0 Å². The number of carbonyl (C=O) groups excluding carboxylic acids is 3. The Balaban J connectivity index is 4.34. The van der Waals surface area contributed by atoms with Gasteiger partial charge in [-0.1, -0.05) is 310 Å². The van der Waals surface area contributed by atoms with Crippen LogP contribution in [0, 0.1) is 0 Å². The van der Waals surface area contributed by atoms with Gasteiger partial charge in [-0.3, -0.25) is 14.4 Å². The van der Waals surface area contributed by atoms with E-state index in [1.165, 1.54) is 180 Å². The van der Waals surface area contributed by atoms with Gasteiger partial charge in [-0.05, 0) is 109 Å². The van der Waals surface area contributed by atoms with Crippen molar-refractivity contribution in [1.29, 1.82) is 0 Å². The maximum absolute atomic E-state index is 12.9. The average molecular weight is 1130 g/mol. The predicted molar refractivity (Wildman–Crippen MR) is 353 cm³/mol. The molecule has 6 nitrogen and oxygen atoms in total. The highest BCUT2D eigenvalue weighted by atomic mass is 16.6. The molecule has 0 spiro atoms. The van der Waals surface area contributed by atoms with Crippen LogP contribution in [-0.2, 0) is 28.6 Å². The molecule has 0 N–H and O–H groups in total. The summed E-state index contributed by atoms with van der Waals surface area (Å²) in [5.74, 6) is -0.925. The smallest absolute Gasteiger partial charge is 0.306 e. The van der Waals surface area contributed by atoms with Crippen LogP contribution in [0.25, 0.3) is 0 Å². The van der Waals surface area contributed by atoms with Gasteiger partial charge in [0.15, 0.2) is 6.10 Å². The first kappa shape index (κ1) is 77.1. The van der Waals surface area contributed by atoms with Gasteiger partial charge in [0.05, 0.1) is 0 Å². The summed E-state index contributed by atoms with van der Waals surface area (Å²) >= 11 is 0. The summed E-state index contributed by atoms with van der Waals surface area (Å²) in [5, 5.41) is 0. The van der Waals surface area contributed by atoms with Crippen molar-refractivity contribution >= 4 is 17.9 Å². The molecule has 81 heavy (non-hydrogen) atoms. The van der Waals surface area contributed by atoms with Crippen LogP contribution in [0.5, 0.6) is 0 Å². The summed E-state index contributed by atoms with van der Waals surface area (Å²) in [6.07, 6.45) is 94.0. The van der Waals surface area contributed by atoms with Crippen LogP contribution in [0.3, 0.4) is 0 Å². The van der Waals surface area contributed by atoms with Gasteiger partial charge >= 0.3 is 17.9 Å². The number of ether oxygens (including phenoxy) is 3. The van der Waals surface area contributed by atoms with E-state index in [4.69, 9.17) is 14.2 Å². The molecule has 0 saturated heterocycles. The van der Waals surface area contributed by atoms with Crippen molar-refractivity contribution in [2.45, 2.75) is 335 Å². The Morgan fingerprint density at radius 2 is 0.481 bits per heavy atom. The van der Waals surface area contributed by atoms with Crippen molar-refractivity contribution < 1.29 is 28.6 Å². The number of esters is 3. The maximum atomic E-state index is 12.9.